The summed E-state index contributed by atoms with van der Waals surface area (Å²) in [7, 11) is 0. The molecule has 0 fully saturated rings. The number of hydrogen-bond acceptors (Lipinski definition) is 3. The van der Waals surface area contributed by atoms with Crippen molar-refractivity contribution in [1.82, 2.24) is 20.6 Å². The normalized spacial score (nSPS) is 14.0. The van der Waals surface area contributed by atoms with Crippen LogP contribution in [0.2, 0.25) is 0 Å². The van der Waals surface area contributed by atoms with Crippen molar-refractivity contribution in [2.75, 3.05) is 0 Å². The van der Waals surface area contributed by atoms with E-state index in [1.54, 1.807) is 0 Å². The monoisotopic (exact) mass is 312 g/mol. The first kappa shape index (κ1) is 14.8. The number of aromatic nitrogens is 2. The summed E-state index contributed by atoms with van der Waals surface area (Å²) in [5.41, 5.74) is 11.6. The van der Waals surface area contributed by atoms with Crippen molar-refractivity contribution in [2.45, 2.75) is 33.2 Å². The zero-order chi connectivity index (χ0) is 15.7. The summed E-state index contributed by atoms with van der Waals surface area (Å²) in [6.45, 7) is 7.20. The molecule has 22 heavy (non-hydrogen) atoms. The van der Waals surface area contributed by atoms with Gasteiger partial charge in [-0.2, -0.15) is 5.10 Å². The van der Waals surface area contributed by atoms with E-state index in [9.17, 15) is 0 Å². The molecule has 0 atom stereocenters. The van der Waals surface area contributed by atoms with E-state index >= 15 is 0 Å². The van der Waals surface area contributed by atoms with Crippen LogP contribution in [0.3, 0.4) is 0 Å². The second kappa shape index (κ2) is 5.93. The van der Waals surface area contributed by atoms with Gasteiger partial charge >= 0.3 is 0 Å². The summed E-state index contributed by atoms with van der Waals surface area (Å²) in [5, 5.41) is 4.75. The Labute approximate surface area is 136 Å². The summed E-state index contributed by atoms with van der Waals surface area (Å²) >= 11 is 5.54. The minimum atomic E-state index is 0.343. The van der Waals surface area contributed by atoms with E-state index in [4.69, 9.17) is 17.3 Å². The zero-order valence-corrected chi connectivity index (χ0v) is 13.9. The number of nitrogens with zero attached hydrogens (tertiary/aromatic N) is 2. The molecule has 3 rings (SSSR count). The number of hydrogen-bond donors (Lipinski definition) is 2. The molecule has 5 heteroatoms. The Hall–Kier alpha value is -2.14. The molecule has 2 N–H and O–H groups in total. The number of hydrazine groups is 1. The third-order valence-corrected chi connectivity index (χ3v) is 4.06. The highest BCUT2D eigenvalue weighted by Gasteiger charge is 2.23. The number of rotatable bonds is 3. The van der Waals surface area contributed by atoms with Crippen molar-refractivity contribution < 1.29 is 0 Å². The lowest BCUT2D eigenvalue weighted by Crippen LogP contribution is -2.35. The molecule has 2 heterocycles. The number of benzene rings is 1. The molecule has 1 aliphatic rings. The van der Waals surface area contributed by atoms with Gasteiger partial charge in [0.2, 0.25) is 0 Å². The zero-order valence-electron chi connectivity index (χ0n) is 13.1. The summed E-state index contributed by atoms with van der Waals surface area (Å²) in [6.07, 6.45) is 2.14. The maximum absolute atomic E-state index is 5.54. The molecule has 0 aliphatic carbocycles. The van der Waals surface area contributed by atoms with Crippen molar-refractivity contribution in [3.05, 3.63) is 52.8 Å². The molecular formula is C17H20N4S. The van der Waals surface area contributed by atoms with Gasteiger partial charge < -0.3 is 0 Å². The largest absolute Gasteiger partial charge is 0.299 e. The third-order valence-electron chi connectivity index (χ3n) is 3.76. The molecule has 114 valence electrons. The summed E-state index contributed by atoms with van der Waals surface area (Å²) in [6, 6.07) is 10.2. The maximum atomic E-state index is 5.54. The Morgan fingerprint density at radius 1 is 1.18 bits per heavy atom. The fourth-order valence-electron chi connectivity index (χ4n) is 2.67. The van der Waals surface area contributed by atoms with Crippen molar-refractivity contribution in [2.24, 2.45) is 0 Å². The Bertz CT molecular complexity index is 729. The lowest BCUT2D eigenvalue weighted by Gasteiger charge is -2.11. The summed E-state index contributed by atoms with van der Waals surface area (Å²) in [5.74, 6) is 0.343. The van der Waals surface area contributed by atoms with E-state index < -0.39 is 0 Å². The van der Waals surface area contributed by atoms with Crippen LogP contribution in [0.15, 0.2) is 30.3 Å². The lowest BCUT2D eigenvalue weighted by molar-refractivity contribution is 0.629. The molecule has 1 aliphatic heterocycles. The van der Waals surface area contributed by atoms with Crippen molar-refractivity contribution in [3.63, 3.8) is 0 Å². The van der Waals surface area contributed by atoms with Crippen LogP contribution in [0.25, 0.3) is 11.8 Å². The van der Waals surface area contributed by atoms with E-state index in [0.29, 0.717) is 10.9 Å². The average molecular weight is 312 g/mol. The molecule has 0 saturated heterocycles. The summed E-state index contributed by atoms with van der Waals surface area (Å²) < 4.78 is 1.98. The van der Waals surface area contributed by atoms with E-state index in [2.05, 4.69) is 49.8 Å². The molecule has 1 aromatic heterocycles. The quantitative estimate of drug-likeness (QED) is 0.853. The Morgan fingerprint density at radius 3 is 2.55 bits per heavy atom. The maximum Gasteiger partial charge on any atom is 0.144 e. The van der Waals surface area contributed by atoms with Gasteiger partial charge in [0, 0.05) is 12.1 Å². The smallest absolute Gasteiger partial charge is 0.144 e. The van der Waals surface area contributed by atoms with Crippen molar-refractivity contribution in [1.29, 1.82) is 0 Å². The van der Waals surface area contributed by atoms with Crippen molar-refractivity contribution in [3.8, 4) is 0 Å². The topological polar surface area (TPSA) is 41.9 Å². The van der Waals surface area contributed by atoms with Crippen LogP contribution in [-0.4, -0.2) is 14.8 Å². The number of thiocarbonyl (C=S) groups is 1. The second-order valence-corrected chi connectivity index (χ2v) is 6.03. The van der Waals surface area contributed by atoms with Crippen LogP contribution in [0.4, 0.5) is 0 Å². The first-order valence-electron chi connectivity index (χ1n) is 7.56. The Balaban J connectivity index is 2.19. The van der Waals surface area contributed by atoms with Gasteiger partial charge in [-0.1, -0.05) is 56.4 Å². The van der Waals surface area contributed by atoms with Crippen molar-refractivity contribution >= 4 is 29.0 Å². The van der Waals surface area contributed by atoms with Gasteiger partial charge in [0.05, 0.1) is 11.4 Å². The average Bonchev–Trinajstić information content (AvgIpc) is 2.81. The Kier molecular flexibility index (Phi) is 3.98. The highest BCUT2D eigenvalue weighted by Crippen LogP contribution is 2.28. The Morgan fingerprint density at radius 2 is 1.91 bits per heavy atom. The van der Waals surface area contributed by atoms with Gasteiger partial charge in [0.25, 0.3) is 0 Å². The van der Waals surface area contributed by atoms with Gasteiger partial charge in [-0.15, -0.1) is 0 Å². The predicted octanol–water partition coefficient (Wildman–Crippen LogP) is 3.31. The molecule has 0 radical (unpaired) electrons. The second-order valence-electron chi connectivity index (χ2n) is 5.62. The molecule has 4 nitrogen and oxygen atoms in total. The van der Waals surface area contributed by atoms with E-state index in [1.807, 2.05) is 22.9 Å². The third kappa shape index (κ3) is 2.52. The highest BCUT2D eigenvalue weighted by molar-refractivity contribution is 7.80. The lowest BCUT2D eigenvalue weighted by atomic mass is 10.0. The van der Waals surface area contributed by atoms with Gasteiger partial charge in [0.15, 0.2) is 0 Å². The van der Waals surface area contributed by atoms with Crippen LogP contribution in [-0.2, 0) is 6.54 Å². The molecule has 0 saturated carbocycles. The van der Waals surface area contributed by atoms with Crippen LogP contribution in [0, 0.1) is 0 Å². The van der Waals surface area contributed by atoms with Gasteiger partial charge in [-0.3, -0.25) is 15.5 Å². The summed E-state index contributed by atoms with van der Waals surface area (Å²) in [4.78, 5) is 0.679. The van der Waals surface area contributed by atoms with Crippen LogP contribution in [0.5, 0.6) is 0 Å². The molecule has 0 spiro atoms. The minimum Gasteiger partial charge on any atom is -0.299 e. The molecule has 0 bridgehead atoms. The van der Waals surface area contributed by atoms with E-state index in [1.165, 1.54) is 0 Å². The number of aryl methyl sites for hydroxylation is 1. The molecule has 0 unspecified atom stereocenters. The molecule has 1 aromatic carbocycles. The van der Waals surface area contributed by atoms with Crippen LogP contribution >= 0.6 is 12.2 Å². The number of fused-ring (bicyclic) bond motifs is 1. The van der Waals surface area contributed by atoms with Crippen LogP contribution < -0.4 is 10.9 Å². The van der Waals surface area contributed by atoms with Crippen LogP contribution in [0.1, 0.15) is 49.2 Å². The minimum absolute atomic E-state index is 0.343. The van der Waals surface area contributed by atoms with Gasteiger partial charge in [0.1, 0.15) is 10.7 Å². The predicted molar refractivity (Wildman–Crippen MR) is 94.3 cm³/mol. The number of nitrogens with one attached hydrogen (secondary N) is 2. The fraction of sp³-hybridized carbons (Fsp3) is 0.294. The molecular weight excluding hydrogens is 292 g/mol. The van der Waals surface area contributed by atoms with E-state index in [-0.39, 0.29) is 0 Å². The van der Waals surface area contributed by atoms with Gasteiger partial charge in [-0.05, 0) is 24.5 Å². The van der Waals surface area contributed by atoms with E-state index in [0.717, 1.165) is 34.8 Å². The van der Waals surface area contributed by atoms with Gasteiger partial charge in [-0.25, -0.2) is 0 Å². The standard InChI is InChI=1S/C17H20N4S/c1-4-21-16-13(15(20-21)11(2)3)10-14(18-19-17(16)22)12-8-6-5-7-9-12/h5-11,18H,4H2,1-3H3,(H,19,22). The fourth-order valence-corrected chi connectivity index (χ4v) is 2.93. The highest BCUT2D eigenvalue weighted by atomic mass is 32.1. The molecule has 0 amide bonds. The first-order valence-corrected chi connectivity index (χ1v) is 7.96. The first-order chi connectivity index (χ1) is 10.6. The molecule has 2 aromatic rings. The SMILES string of the molecule is CCn1nc(C(C)C)c2c1C(=S)NNC(c1ccccc1)=C2.